The second kappa shape index (κ2) is 6.16. The lowest BCUT2D eigenvalue weighted by Crippen LogP contribution is -2.62. The Morgan fingerprint density at radius 2 is 2.04 bits per heavy atom. The van der Waals surface area contributed by atoms with Crippen LogP contribution in [0.15, 0.2) is 24.3 Å². The summed E-state index contributed by atoms with van der Waals surface area (Å²) in [4.78, 5) is 26.1. The number of hydrogen-bond donors (Lipinski definition) is 1. The SMILES string of the molecule is COc1ccccc1C(=O)N1C[C@]2(OC[C@H]3OC(C)(C)O[C@H]3[C@@H]2O)OC1=O. The third-order valence-electron chi connectivity index (χ3n) is 4.92. The number of para-hydroxylation sites is 1. The lowest BCUT2D eigenvalue weighted by Gasteiger charge is -2.40. The molecule has 1 aromatic rings. The van der Waals surface area contributed by atoms with E-state index in [2.05, 4.69) is 0 Å². The molecular weight excluding hydrogens is 358 g/mol. The number of carbonyl (C=O) groups is 2. The first kappa shape index (κ1) is 18.2. The van der Waals surface area contributed by atoms with Crippen LogP contribution in [0.1, 0.15) is 24.2 Å². The molecular formula is C18H21NO8. The van der Waals surface area contributed by atoms with E-state index in [1.54, 1.807) is 38.1 Å². The Morgan fingerprint density at radius 3 is 2.78 bits per heavy atom. The van der Waals surface area contributed by atoms with Gasteiger partial charge in [0.15, 0.2) is 11.9 Å². The fourth-order valence-electron chi connectivity index (χ4n) is 3.69. The van der Waals surface area contributed by atoms with Gasteiger partial charge in [-0.1, -0.05) is 12.1 Å². The number of carbonyl (C=O) groups excluding carboxylic acids is 2. The van der Waals surface area contributed by atoms with Gasteiger partial charge in [-0.05, 0) is 26.0 Å². The number of imide groups is 1. The lowest BCUT2D eigenvalue weighted by atomic mass is 9.96. The van der Waals surface area contributed by atoms with Crippen LogP contribution in [0.25, 0.3) is 0 Å². The standard InChI is InChI=1S/C18H21NO8/c1-17(2)25-12-8-24-18(14(20)13(12)26-17)9-19(16(22)27-18)15(21)10-6-4-5-7-11(10)23-3/h4-7,12-14,20H,8-9H2,1-3H3/t12-,13-,14+,18+/m1/s1. The van der Waals surface area contributed by atoms with Crippen LogP contribution in [0, 0.1) is 0 Å². The van der Waals surface area contributed by atoms with Gasteiger partial charge in [0.05, 0.1) is 19.3 Å². The van der Waals surface area contributed by atoms with Crippen molar-refractivity contribution < 1.29 is 38.4 Å². The van der Waals surface area contributed by atoms with Crippen molar-refractivity contribution in [1.29, 1.82) is 0 Å². The Kier molecular flexibility index (Phi) is 4.15. The van der Waals surface area contributed by atoms with E-state index in [9.17, 15) is 14.7 Å². The number of amides is 2. The number of benzene rings is 1. The summed E-state index contributed by atoms with van der Waals surface area (Å²) < 4.78 is 27.6. The van der Waals surface area contributed by atoms with Crippen LogP contribution in [0.2, 0.25) is 0 Å². The van der Waals surface area contributed by atoms with Crippen molar-refractivity contribution >= 4 is 12.0 Å². The average Bonchev–Trinajstić information content (AvgIpc) is 3.15. The second-order valence-electron chi connectivity index (χ2n) is 7.17. The number of aliphatic hydroxyl groups is 1. The summed E-state index contributed by atoms with van der Waals surface area (Å²) >= 11 is 0. The first-order valence-electron chi connectivity index (χ1n) is 8.62. The topological polar surface area (TPSA) is 104 Å². The fourth-order valence-corrected chi connectivity index (χ4v) is 3.69. The third kappa shape index (κ3) is 2.87. The summed E-state index contributed by atoms with van der Waals surface area (Å²) in [5.41, 5.74) is 0.207. The molecule has 2 amide bonds. The maximum atomic E-state index is 12.9. The quantitative estimate of drug-likeness (QED) is 0.808. The Balaban J connectivity index is 1.58. The van der Waals surface area contributed by atoms with Crippen LogP contribution in [-0.4, -0.2) is 72.2 Å². The summed E-state index contributed by atoms with van der Waals surface area (Å²) in [6, 6.07) is 6.54. The minimum Gasteiger partial charge on any atom is -0.496 e. The van der Waals surface area contributed by atoms with Crippen molar-refractivity contribution in [3.63, 3.8) is 0 Å². The first-order chi connectivity index (χ1) is 12.8. The number of aliphatic hydroxyl groups excluding tert-OH is 1. The first-order valence-corrected chi connectivity index (χ1v) is 8.62. The van der Waals surface area contributed by atoms with Gasteiger partial charge in [-0.15, -0.1) is 0 Å². The molecule has 1 aromatic carbocycles. The van der Waals surface area contributed by atoms with E-state index >= 15 is 0 Å². The number of rotatable bonds is 2. The van der Waals surface area contributed by atoms with Crippen LogP contribution in [0.4, 0.5) is 4.79 Å². The van der Waals surface area contributed by atoms with Crippen molar-refractivity contribution in [3.8, 4) is 5.75 Å². The molecule has 3 saturated heterocycles. The number of nitrogens with zero attached hydrogens (tertiary/aromatic N) is 1. The Hall–Kier alpha value is -2.20. The maximum absolute atomic E-state index is 12.9. The highest BCUT2D eigenvalue weighted by molar-refractivity contribution is 6.05. The van der Waals surface area contributed by atoms with Gasteiger partial charge in [0.25, 0.3) is 11.7 Å². The molecule has 4 rings (SSSR count). The van der Waals surface area contributed by atoms with Gasteiger partial charge in [0.2, 0.25) is 0 Å². The zero-order chi connectivity index (χ0) is 19.4. The molecule has 3 fully saturated rings. The number of methoxy groups -OCH3 is 1. The minimum atomic E-state index is -1.69. The van der Waals surface area contributed by atoms with Gasteiger partial charge in [-0.25, -0.2) is 9.69 Å². The molecule has 0 bridgehead atoms. The molecule has 9 heteroatoms. The predicted molar refractivity (Wildman–Crippen MR) is 89.0 cm³/mol. The molecule has 0 saturated carbocycles. The van der Waals surface area contributed by atoms with E-state index in [1.807, 2.05) is 0 Å². The van der Waals surface area contributed by atoms with Crippen LogP contribution in [-0.2, 0) is 18.9 Å². The van der Waals surface area contributed by atoms with E-state index < -0.39 is 41.9 Å². The molecule has 3 aliphatic heterocycles. The molecule has 0 aromatic heterocycles. The van der Waals surface area contributed by atoms with Gasteiger partial charge in [0, 0.05) is 0 Å². The van der Waals surface area contributed by atoms with Gasteiger partial charge < -0.3 is 28.8 Å². The van der Waals surface area contributed by atoms with Crippen LogP contribution in [0.3, 0.4) is 0 Å². The summed E-state index contributed by atoms with van der Waals surface area (Å²) in [5, 5.41) is 10.8. The monoisotopic (exact) mass is 379 g/mol. The molecule has 9 nitrogen and oxygen atoms in total. The van der Waals surface area contributed by atoms with Crippen molar-refractivity contribution in [2.45, 2.75) is 43.7 Å². The predicted octanol–water partition coefficient (Wildman–Crippen LogP) is 0.895. The van der Waals surface area contributed by atoms with Crippen molar-refractivity contribution in [2.24, 2.45) is 0 Å². The van der Waals surface area contributed by atoms with Crippen LogP contribution >= 0.6 is 0 Å². The van der Waals surface area contributed by atoms with E-state index in [4.69, 9.17) is 23.7 Å². The Labute approximate surface area is 155 Å². The van der Waals surface area contributed by atoms with Crippen molar-refractivity contribution in [3.05, 3.63) is 29.8 Å². The maximum Gasteiger partial charge on any atom is 0.419 e. The van der Waals surface area contributed by atoms with Gasteiger partial charge in [-0.3, -0.25) is 4.79 Å². The highest BCUT2D eigenvalue weighted by atomic mass is 16.8. The largest absolute Gasteiger partial charge is 0.496 e. The van der Waals surface area contributed by atoms with Gasteiger partial charge in [-0.2, -0.15) is 0 Å². The second-order valence-corrected chi connectivity index (χ2v) is 7.17. The number of fused-ring (bicyclic) bond motifs is 1. The summed E-state index contributed by atoms with van der Waals surface area (Å²) in [6.45, 7) is 3.25. The molecule has 0 radical (unpaired) electrons. The van der Waals surface area contributed by atoms with Gasteiger partial charge >= 0.3 is 6.09 Å². The molecule has 3 aliphatic rings. The summed E-state index contributed by atoms with van der Waals surface area (Å²) in [6.07, 6.45) is -3.43. The van der Waals surface area contributed by atoms with E-state index in [0.29, 0.717) is 5.75 Å². The smallest absolute Gasteiger partial charge is 0.419 e. The zero-order valence-electron chi connectivity index (χ0n) is 15.2. The zero-order valence-corrected chi connectivity index (χ0v) is 15.2. The van der Waals surface area contributed by atoms with Crippen molar-refractivity contribution in [2.75, 3.05) is 20.3 Å². The minimum absolute atomic E-state index is 0.0646. The van der Waals surface area contributed by atoms with E-state index in [-0.39, 0.29) is 18.7 Å². The Bertz CT molecular complexity index is 780. The normalized spacial score (nSPS) is 34.4. The fraction of sp³-hybridized carbons (Fsp3) is 0.556. The van der Waals surface area contributed by atoms with Crippen LogP contribution < -0.4 is 4.74 Å². The van der Waals surface area contributed by atoms with Gasteiger partial charge in [0.1, 0.15) is 24.5 Å². The average molecular weight is 379 g/mol. The molecule has 146 valence electrons. The highest BCUT2D eigenvalue weighted by Gasteiger charge is 2.63. The number of hydrogen-bond acceptors (Lipinski definition) is 8. The molecule has 1 spiro atoms. The molecule has 27 heavy (non-hydrogen) atoms. The summed E-state index contributed by atoms with van der Waals surface area (Å²) in [7, 11) is 1.43. The molecule has 3 heterocycles. The van der Waals surface area contributed by atoms with Crippen LogP contribution in [0.5, 0.6) is 5.75 Å². The van der Waals surface area contributed by atoms with E-state index in [1.165, 1.54) is 7.11 Å². The molecule has 0 aliphatic carbocycles. The molecule has 1 N–H and O–H groups in total. The van der Waals surface area contributed by atoms with Crippen molar-refractivity contribution in [1.82, 2.24) is 4.90 Å². The third-order valence-corrected chi connectivity index (χ3v) is 4.92. The van der Waals surface area contributed by atoms with E-state index in [0.717, 1.165) is 4.90 Å². The Morgan fingerprint density at radius 1 is 1.30 bits per heavy atom. The summed E-state index contributed by atoms with van der Waals surface area (Å²) in [5.74, 6) is -2.85. The molecule has 0 unspecified atom stereocenters. The highest BCUT2D eigenvalue weighted by Crippen LogP contribution is 2.41. The lowest BCUT2D eigenvalue weighted by molar-refractivity contribution is -0.287. The molecule has 4 atom stereocenters. The number of ether oxygens (including phenoxy) is 5.